The Morgan fingerprint density at radius 2 is 2.27 bits per heavy atom. The fourth-order valence-electron chi connectivity index (χ4n) is 1.61. The fraction of sp³-hybridized carbons (Fsp3) is 0.875. The van der Waals surface area contributed by atoms with Crippen LogP contribution in [0.2, 0.25) is 0 Å². The smallest absolute Gasteiger partial charge is 0.303 e. The second-order valence-electron chi connectivity index (χ2n) is 3.96. The van der Waals surface area contributed by atoms with Gasteiger partial charge in [0.2, 0.25) is 0 Å². The molecule has 1 rings (SSSR count). The molecule has 1 saturated carbocycles. The highest BCUT2D eigenvalue weighted by Crippen LogP contribution is 2.46. The van der Waals surface area contributed by atoms with E-state index in [0.717, 1.165) is 6.42 Å². The summed E-state index contributed by atoms with van der Waals surface area (Å²) in [4.78, 5) is 10.4. The zero-order chi connectivity index (χ0) is 8.65. The third-order valence-corrected chi connectivity index (χ3v) is 2.97. The molecule has 0 heterocycles. The van der Waals surface area contributed by atoms with Gasteiger partial charge in [0.1, 0.15) is 0 Å². The van der Waals surface area contributed by atoms with Gasteiger partial charge in [0.05, 0.1) is 0 Å². The number of carboxylic acids is 1. The molecule has 2 atom stereocenters. The maximum Gasteiger partial charge on any atom is 0.303 e. The van der Waals surface area contributed by atoms with Gasteiger partial charge in [0, 0.05) is 12.5 Å². The van der Waals surface area contributed by atoms with Crippen molar-refractivity contribution < 1.29 is 9.90 Å². The van der Waals surface area contributed by atoms with E-state index in [1.54, 1.807) is 0 Å². The summed E-state index contributed by atoms with van der Waals surface area (Å²) in [7, 11) is 0. The molecule has 0 aromatic rings. The van der Waals surface area contributed by atoms with Crippen LogP contribution in [0.5, 0.6) is 0 Å². The highest BCUT2D eigenvalue weighted by Gasteiger charge is 2.46. The Hall–Kier alpha value is -0.570. The van der Waals surface area contributed by atoms with Crippen LogP contribution in [0.3, 0.4) is 0 Å². The van der Waals surface area contributed by atoms with Gasteiger partial charge in [-0.2, -0.15) is 0 Å². The SMILES string of the molecule is CC1(C)[C@H](CC(=O)O)C[C@H]1N. The topological polar surface area (TPSA) is 63.3 Å². The first-order valence-electron chi connectivity index (χ1n) is 3.92. The Morgan fingerprint density at radius 3 is 2.55 bits per heavy atom. The second kappa shape index (κ2) is 2.48. The van der Waals surface area contributed by atoms with Crippen molar-refractivity contribution in [1.82, 2.24) is 0 Å². The lowest BCUT2D eigenvalue weighted by Gasteiger charge is -2.50. The maximum absolute atomic E-state index is 10.4. The fourth-order valence-corrected chi connectivity index (χ4v) is 1.61. The predicted octanol–water partition coefficient (Wildman–Crippen LogP) is 0.835. The third-order valence-electron chi connectivity index (χ3n) is 2.97. The van der Waals surface area contributed by atoms with Crippen molar-refractivity contribution in [2.75, 3.05) is 0 Å². The molecule has 11 heavy (non-hydrogen) atoms. The van der Waals surface area contributed by atoms with E-state index in [2.05, 4.69) is 0 Å². The molecule has 0 aromatic heterocycles. The van der Waals surface area contributed by atoms with Gasteiger partial charge < -0.3 is 10.8 Å². The average molecular weight is 157 g/mol. The van der Waals surface area contributed by atoms with E-state index in [1.807, 2.05) is 13.8 Å². The van der Waals surface area contributed by atoms with Crippen molar-refractivity contribution in [3.8, 4) is 0 Å². The molecule has 0 radical (unpaired) electrons. The molecule has 0 spiro atoms. The number of rotatable bonds is 2. The highest BCUT2D eigenvalue weighted by molar-refractivity contribution is 5.67. The number of carboxylic acid groups (broad SMARTS) is 1. The first kappa shape index (κ1) is 8.53. The molecule has 1 fully saturated rings. The van der Waals surface area contributed by atoms with Crippen molar-refractivity contribution in [1.29, 1.82) is 0 Å². The number of hydrogen-bond acceptors (Lipinski definition) is 2. The predicted molar refractivity (Wildman–Crippen MR) is 42.1 cm³/mol. The van der Waals surface area contributed by atoms with Crippen LogP contribution in [-0.2, 0) is 4.79 Å². The number of carbonyl (C=O) groups is 1. The molecule has 1 aliphatic rings. The lowest BCUT2D eigenvalue weighted by Crippen LogP contribution is -2.54. The van der Waals surface area contributed by atoms with Crippen molar-refractivity contribution >= 4 is 5.97 Å². The molecule has 3 heteroatoms. The minimum Gasteiger partial charge on any atom is -0.481 e. The van der Waals surface area contributed by atoms with Crippen LogP contribution in [-0.4, -0.2) is 17.1 Å². The van der Waals surface area contributed by atoms with E-state index >= 15 is 0 Å². The van der Waals surface area contributed by atoms with Crippen molar-refractivity contribution in [3.05, 3.63) is 0 Å². The van der Waals surface area contributed by atoms with Crippen molar-refractivity contribution in [2.24, 2.45) is 17.1 Å². The first-order valence-corrected chi connectivity index (χ1v) is 3.92. The van der Waals surface area contributed by atoms with E-state index in [9.17, 15) is 4.79 Å². The summed E-state index contributed by atoms with van der Waals surface area (Å²) in [6.45, 7) is 4.07. The molecule has 0 amide bonds. The Morgan fingerprint density at radius 1 is 1.73 bits per heavy atom. The Bertz CT molecular complexity index is 177. The van der Waals surface area contributed by atoms with Gasteiger partial charge in [-0.25, -0.2) is 0 Å². The molecule has 64 valence electrons. The molecule has 0 aliphatic heterocycles. The van der Waals surface area contributed by atoms with E-state index < -0.39 is 5.97 Å². The number of hydrogen-bond donors (Lipinski definition) is 2. The van der Waals surface area contributed by atoms with Crippen LogP contribution in [0, 0.1) is 11.3 Å². The molecular formula is C8H15NO2. The van der Waals surface area contributed by atoms with Crippen molar-refractivity contribution in [2.45, 2.75) is 32.7 Å². The summed E-state index contributed by atoms with van der Waals surface area (Å²) in [5.41, 5.74) is 5.76. The van der Waals surface area contributed by atoms with Gasteiger partial charge in [0.15, 0.2) is 0 Å². The van der Waals surface area contributed by atoms with Gasteiger partial charge in [-0.1, -0.05) is 13.8 Å². The third kappa shape index (κ3) is 1.38. The molecule has 3 N–H and O–H groups in total. The van der Waals surface area contributed by atoms with Gasteiger partial charge in [-0.15, -0.1) is 0 Å². The van der Waals surface area contributed by atoms with Crippen LogP contribution in [0.1, 0.15) is 26.7 Å². The normalized spacial score (nSPS) is 34.5. The molecule has 0 unspecified atom stereocenters. The molecule has 0 bridgehead atoms. The molecule has 0 aromatic carbocycles. The van der Waals surface area contributed by atoms with Crippen LogP contribution in [0.15, 0.2) is 0 Å². The second-order valence-corrected chi connectivity index (χ2v) is 3.96. The summed E-state index contributed by atoms with van der Waals surface area (Å²) >= 11 is 0. The quantitative estimate of drug-likeness (QED) is 0.624. The molecule has 1 aliphatic carbocycles. The Balaban J connectivity index is 2.46. The Labute approximate surface area is 66.6 Å². The van der Waals surface area contributed by atoms with Gasteiger partial charge >= 0.3 is 5.97 Å². The lowest BCUT2D eigenvalue weighted by atomic mass is 9.58. The average Bonchev–Trinajstić information content (AvgIpc) is 1.87. The molecular weight excluding hydrogens is 142 g/mol. The van der Waals surface area contributed by atoms with Gasteiger partial charge in [-0.05, 0) is 17.8 Å². The van der Waals surface area contributed by atoms with Crippen LogP contribution in [0.25, 0.3) is 0 Å². The molecule has 3 nitrogen and oxygen atoms in total. The van der Waals surface area contributed by atoms with E-state index in [0.29, 0.717) is 0 Å². The maximum atomic E-state index is 10.4. The summed E-state index contributed by atoms with van der Waals surface area (Å²) in [6, 6.07) is 0.187. The number of aliphatic carboxylic acids is 1. The minimum absolute atomic E-state index is 0.0262. The molecule has 0 saturated heterocycles. The largest absolute Gasteiger partial charge is 0.481 e. The van der Waals surface area contributed by atoms with E-state index in [4.69, 9.17) is 10.8 Å². The monoisotopic (exact) mass is 157 g/mol. The number of nitrogens with two attached hydrogens (primary N) is 1. The zero-order valence-electron chi connectivity index (χ0n) is 7.00. The highest BCUT2D eigenvalue weighted by atomic mass is 16.4. The standard InChI is InChI=1S/C8H15NO2/c1-8(2)5(3-6(8)9)4-7(10)11/h5-6H,3-4,9H2,1-2H3,(H,10,11)/t5-,6+/m0/s1. The lowest BCUT2D eigenvalue weighted by molar-refractivity contribution is -0.141. The van der Waals surface area contributed by atoms with Crippen molar-refractivity contribution in [3.63, 3.8) is 0 Å². The van der Waals surface area contributed by atoms with Crippen LogP contribution in [0.4, 0.5) is 0 Å². The van der Waals surface area contributed by atoms with Crippen LogP contribution < -0.4 is 5.73 Å². The zero-order valence-corrected chi connectivity index (χ0v) is 7.00. The summed E-state index contributed by atoms with van der Waals surface area (Å²) < 4.78 is 0. The van der Waals surface area contributed by atoms with Gasteiger partial charge in [-0.3, -0.25) is 4.79 Å². The van der Waals surface area contributed by atoms with Crippen LogP contribution >= 0.6 is 0 Å². The first-order chi connectivity index (χ1) is 4.94. The van der Waals surface area contributed by atoms with E-state index in [-0.39, 0.29) is 23.8 Å². The van der Waals surface area contributed by atoms with Gasteiger partial charge in [0.25, 0.3) is 0 Å². The Kier molecular flexibility index (Phi) is 1.92. The minimum atomic E-state index is -0.713. The summed E-state index contributed by atoms with van der Waals surface area (Å²) in [5, 5.41) is 8.53. The van der Waals surface area contributed by atoms with E-state index in [1.165, 1.54) is 0 Å². The summed E-state index contributed by atoms with van der Waals surface area (Å²) in [6.07, 6.45) is 1.12. The summed E-state index contributed by atoms with van der Waals surface area (Å²) in [5.74, 6) is -0.440.